The van der Waals surface area contributed by atoms with Crippen LogP contribution in [0.5, 0.6) is 0 Å². The Morgan fingerprint density at radius 3 is 2.67 bits per heavy atom. The van der Waals surface area contributed by atoms with E-state index in [0.29, 0.717) is 12.1 Å². The van der Waals surface area contributed by atoms with Crippen molar-refractivity contribution in [3.63, 3.8) is 0 Å². The minimum absolute atomic E-state index is 0. The zero-order valence-corrected chi connectivity index (χ0v) is 6.06. The van der Waals surface area contributed by atoms with Crippen LogP contribution in [0.4, 0.5) is 0 Å². The Balaban J connectivity index is 0.000000405. The molecule has 0 bridgehead atoms. The zero-order valence-electron chi connectivity index (χ0n) is 5.25. The Bertz CT molecular complexity index is 109. The van der Waals surface area contributed by atoms with Gasteiger partial charge < -0.3 is 10.5 Å². The first-order valence-electron chi connectivity index (χ1n) is 3.25. The average molecular weight is 150 g/mol. The predicted molar refractivity (Wildman–Crippen MR) is 37.7 cm³/mol. The molecule has 0 spiro atoms. The van der Waals surface area contributed by atoms with Crippen LogP contribution in [-0.4, -0.2) is 18.8 Å². The minimum atomic E-state index is 0. The van der Waals surface area contributed by atoms with Gasteiger partial charge in [-0.05, 0) is 18.8 Å². The molecular weight excluding hydrogens is 138 g/mol. The van der Waals surface area contributed by atoms with Crippen molar-refractivity contribution in [3.8, 4) is 0 Å². The standard InChI is InChI=1S/C6H11NO.ClH/c7-5-3-4-1-2-8-6(4)5;/h4-6H,1-3,7H2;1H/t4-,5+,6+;/m1./s1. The summed E-state index contributed by atoms with van der Waals surface area (Å²) in [5.41, 5.74) is 5.64. The molecule has 1 saturated heterocycles. The zero-order chi connectivity index (χ0) is 5.56. The molecule has 54 valence electrons. The fourth-order valence-corrected chi connectivity index (χ4v) is 1.67. The van der Waals surface area contributed by atoms with Crippen molar-refractivity contribution in [2.75, 3.05) is 6.61 Å². The molecule has 1 aliphatic heterocycles. The van der Waals surface area contributed by atoms with Crippen LogP contribution in [0, 0.1) is 5.92 Å². The number of nitrogens with two attached hydrogens (primary N) is 1. The molecule has 3 heteroatoms. The third-order valence-corrected chi connectivity index (χ3v) is 2.26. The lowest BCUT2D eigenvalue weighted by Gasteiger charge is -2.35. The van der Waals surface area contributed by atoms with Crippen LogP contribution in [-0.2, 0) is 4.74 Å². The third-order valence-electron chi connectivity index (χ3n) is 2.26. The molecule has 0 aromatic carbocycles. The predicted octanol–water partition coefficient (Wildman–Crippen LogP) is 0.544. The Morgan fingerprint density at radius 1 is 1.44 bits per heavy atom. The second-order valence-electron chi connectivity index (χ2n) is 2.78. The van der Waals surface area contributed by atoms with Crippen molar-refractivity contribution in [2.45, 2.75) is 25.0 Å². The van der Waals surface area contributed by atoms with Gasteiger partial charge in [-0.2, -0.15) is 0 Å². The fourth-order valence-electron chi connectivity index (χ4n) is 1.67. The maximum Gasteiger partial charge on any atom is 0.0755 e. The van der Waals surface area contributed by atoms with Gasteiger partial charge >= 0.3 is 0 Å². The molecule has 3 atom stereocenters. The van der Waals surface area contributed by atoms with Crippen LogP contribution < -0.4 is 5.73 Å². The molecule has 1 heterocycles. The maximum atomic E-state index is 5.64. The SMILES string of the molecule is Cl.N[C@H]1C[C@H]2CCO[C@@H]21. The van der Waals surface area contributed by atoms with Gasteiger partial charge in [0.05, 0.1) is 6.10 Å². The Morgan fingerprint density at radius 2 is 2.22 bits per heavy atom. The molecule has 2 fully saturated rings. The van der Waals surface area contributed by atoms with Crippen molar-refractivity contribution in [3.05, 3.63) is 0 Å². The molecule has 2 N–H and O–H groups in total. The average Bonchev–Trinajstić information content (AvgIpc) is 2.09. The summed E-state index contributed by atoms with van der Waals surface area (Å²) < 4.78 is 5.34. The Hall–Kier alpha value is 0.210. The topological polar surface area (TPSA) is 35.2 Å². The third kappa shape index (κ3) is 0.955. The van der Waals surface area contributed by atoms with Gasteiger partial charge in [-0.15, -0.1) is 12.4 Å². The number of halogens is 1. The normalized spacial score (nSPS) is 47.0. The molecule has 2 nitrogen and oxygen atoms in total. The Labute approximate surface area is 61.2 Å². The lowest BCUT2D eigenvalue weighted by Crippen LogP contribution is -2.49. The van der Waals surface area contributed by atoms with Gasteiger partial charge in [-0.3, -0.25) is 0 Å². The summed E-state index contributed by atoms with van der Waals surface area (Å²) in [6.07, 6.45) is 2.89. The summed E-state index contributed by atoms with van der Waals surface area (Å²) in [6.45, 7) is 0.947. The van der Waals surface area contributed by atoms with E-state index < -0.39 is 0 Å². The van der Waals surface area contributed by atoms with Gasteiger partial charge in [-0.25, -0.2) is 0 Å². The quantitative estimate of drug-likeness (QED) is 0.546. The van der Waals surface area contributed by atoms with E-state index >= 15 is 0 Å². The first-order valence-corrected chi connectivity index (χ1v) is 3.25. The second-order valence-corrected chi connectivity index (χ2v) is 2.78. The van der Waals surface area contributed by atoms with E-state index in [4.69, 9.17) is 10.5 Å². The molecule has 0 radical (unpaired) electrons. The molecule has 9 heavy (non-hydrogen) atoms. The van der Waals surface area contributed by atoms with Crippen LogP contribution in [0.3, 0.4) is 0 Å². The van der Waals surface area contributed by atoms with Gasteiger partial charge in [-0.1, -0.05) is 0 Å². The lowest BCUT2D eigenvalue weighted by molar-refractivity contribution is 0.0133. The minimum Gasteiger partial charge on any atom is -0.376 e. The van der Waals surface area contributed by atoms with E-state index in [1.807, 2.05) is 0 Å². The van der Waals surface area contributed by atoms with E-state index in [1.165, 1.54) is 12.8 Å². The van der Waals surface area contributed by atoms with E-state index in [2.05, 4.69) is 0 Å². The van der Waals surface area contributed by atoms with Crippen LogP contribution in [0.2, 0.25) is 0 Å². The summed E-state index contributed by atoms with van der Waals surface area (Å²) in [7, 11) is 0. The van der Waals surface area contributed by atoms with Crippen LogP contribution in [0.25, 0.3) is 0 Å². The van der Waals surface area contributed by atoms with E-state index in [-0.39, 0.29) is 12.4 Å². The van der Waals surface area contributed by atoms with Gasteiger partial charge in [0, 0.05) is 12.6 Å². The Kier molecular flexibility index (Phi) is 1.99. The molecule has 2 rings (SSSR count). The van der Waals surface area contributed by atoms with Crippen molar-refractivity contribution in [1.29, 1.82) is 0 Å². The number of rotatable bonds is 0. The maximum absolute atomic E-state index is 5.64. The van der Waals surface area contributed by atoms with Crippen molar-refractivity contribution in [2.24, 2.45) is 11.7 Å². The summed E-state index contributed by atoms with van der Waals surface area (Å²) >= 11 is 0. The summed E-state index contributed by atoms with van der Waals surface area (Å²) in [5.74, 6) is 0.824. The monoisotopic (exact) mass is 149 g/mol. The van der Waals surface area contributed by atoms with E-state index in [0.717, 1.165) is 12.5 Å². The van der Waals surface area contributed by atoms with Crippen LogP contribution >= 0.6 is 12.4 Å². The molecule has 0 aromatic heterocycles. The molecule has 2 aliphatic rings. The summed E-state index contributed by atoms with van der Waals surface area (Å²) in [5, 5.41) is 0. The largest absolute Gasteiger partial charge is 0.376 e. The summed E-state index contributed by atoms with van der Waals surface area (Å²) in [6, 6.07) is 0.363. The first-order chi connectivity index (χ1) is 3.88. The molecular formula is C6H12ClNO. The number of hydrogen-bond acceptors (Lipinski definition) is 2. The van der Waals surface area contributed by atoms with Crippen LogP contribution in [0.15, 0.2) is 0 Å². The van der Waals surface area contributed by atoms with Crippen molar-refractivity contribution >= 4 is 12.4 Å². The fraction of sp³-hybridized carbons (Fsp3) is 1.00. The van der Waals surface area contributed by atoms with Gasteiger partial charge in [0.25, 0.3) is 0 Å². The highest BCUT2D eigenvalue weighted by Crippen LogP contribution is 2.36. The molecule has 0 unspecified atom stereocenters. The smallest absolute Gasteiger partial charge is 0.0755 e. The molecule has 1 aliphatic carbocycles. The second kappa shape index (κ2) is 2.45. The number of fused-ring (bicyclic) bond motifs is 1. The molecule has 1 saturated carbocycles. The molecule has 0 aromatic rings. The van der Waals surface area contributed by atoms with Crippen molar-refractivity contribution in [1.82, 2.24) is 0 Å². The van der Waals surface area contributed by atoms with Crippen molar-refractivity contribution < 1.29 is 4.74 Å². The number of ether oxygens (including phenoxy) is 1. The molecule has 0 amide bonds. The highest BCUT2D eigenvalue weighted by molar-refractivity contribution is 5.85. The van der Waals surface area contributed by atoms with Crippen LogP contribution in [0.1, 0.15) is 12.8 Å². The first kappa shape index (κ1) is 7.32. The number of hydrogen-bond donors (Lipinski definition) is 1. The van der Waals surface area contributed by atoms with E-state index in [9.17, 15) is 0 Å². The highest BCUT2D eigenvalue weighted by Gasteiger charge is 2.42. The van der Waals surface area contributed by atoms with Gasteiger partial charge in [0.15, 0.2) is 0 Å². The summed E-state index contributed by atoms with van der Waals surface area (Å²) in [4.78, 5) is 0. The highest BCUT2D eigenvalue weighted by atomic mass is 35.5. The van der Waals surface area contributed by atoms with Gasteiger partial charge in [0.1, 0.15) is 0 Å². The van der Waals surface area contributed by atoms with Gasteiger partial charge in [0.2, 0.25) is 0 Å². The van der Waals surface area contributed by atoms with E-state index in [1.54, 1.807) is 0 Å². The lowest BCUT2D eigenvalue weighted by atomic mass is 9.78.